The van der Waals surface area contributed by atoms with Gasteiger partial charge in [-0.05, 0) is 60.1 Å². The fourth-order valence-corrected chi connectivity index (χ4v) is 2.97. The minimum atomic E-state index is -0.246. The molecule has 1 aromatic carbocycles. The number of hydrogen-bond acceptors (Lipinski definition) is 3. The molecule has 0 amide bonds. The Hall–Kier alpha value is -1.77. The maximum Gasteiger partial charge on any atom is 0.191 e. The third-order valence-corrected chi connectivity index (χ3v) is 4.48. The monoisotopic (exact) mass is 513 g/mol. The number of guanidine groups is 1. The second kappa shape index (κ2) is 10.8. The van der Waals surface area contributed by atoms with Gasteiger partial charge >= 0.3 is 0 Å². The van der Waals surface area contributed by atoms with Crippen LogP contribution in [0.2, 0.25) is 0 Å². The molecule has 0 atom stereocenters. The number of nitrogens with one attached hydrogen (secondary N) is 2. The van der Waals surface area contributed by atoms with E-state index in [4.69, 9.17) is 9.73 Å². The van der Waals surface area contributed by atoms with Crippen LogP contribution in [0.4, 0.5) is 0 Å². The zero-order valence-electron chi connectivity index (χ0n) is 19.0. The molecule has 2 N–H and O–H groups in total. The first-order valence-electron chi connectivity index (χ1n) is 9.90. The summed E-state index contributed by atoms with van der Waals surface area (Å²) in [6.07, 6.45) is 0. The molecule has 0 saturated carbocycles. The zero-order valence-corrected chi connectivity index (χ0v) is 21.3. The van der Waals surface area contributed by atoms with Gasteiger partial charge in [0.25, 0.3) is 0 Å². The summed E-state index contributed by atoms with van der Waals surface area (Å²) < 4.78 is 8.06. The SMILES string of the molecule is CCNC(=NCc1ccc(C)cc1OC(C)(C)C)NCc1c(C)nn(C)c1C.I. The van der Waals surface area contributed by atoms with Crippen molar-refractivity contribution in [2.45, 2.75) is 67.2 Å². The van der Waals surface area contributed by atoms with E-state index in [1.54, 1.807) is 0 Å². The van der Waals surface area contributed by atoms with Crippen LogP contribution in [0.5, 0.6) is 5.75 Å². The van der Waals surface area contributed by atoms with E-state index in [1.807, 2.05) is 18.7 Å². The van der Waals surface area contributed by atoms with Crippen LogP contribution in [0.1, 0.15) is 55.8 Å². The lowest BCUT2D eigenvalue weighted by atomic mass is 10.1. The second-order valence-corrected chi connectivity index (χ2v) is 8.15. The molecule has 0 aliphatic carbocycles. The molecule has 0 aliphatic heterocycles. The van der Waals surface area contributed by atoms with Crippen molar-refractivity contribution in [1.82, 2.24) is 20.4 Å². The van der Waals surface area contributed by atoms with Crippen molar-refractivity contribution < 1.29 is 4.74 Å². The number of nitrogens with zero attached hydrogens (tertiary/aromatic N) is 3. The van der Waals surface area contributed by atoms with E-state index in [0.29, 0.717) is 13.1 Å². The first-order valence-corrected chi connectivity index (χ1v) is 9.90. The third kappa shape index (κ3) is 7.53. The van der Waals surface area contributed by atoms with Gasteiger partial charge in [-0.25, -0.2) is 4.99 Å². The van der Waals surface area contributed by atoms with Gasteiger partial charge in [-0.3, -0.25) is 4.68 Å². The normalized spacial score (nSPS) is 11.8. The summed E-state index contributed by atoms with van der Waals surface area (Å²) in [6.45, 7) is 16.5. The summed E-state index contributed by atoms with van der Waals surface area (Å²) in [7, 11) is 1.97. The summed E-state index contributed by atoms with van der Waals surface area (Å²) in [5.74, 6) is 1.68. The molecule has 162 valence electrons. The molecule has 0 bridgehead atoms. The van der Waals surface area contributed by atoms with Gasteiger partial charge < -0.3 is 15.4 Å². The molecule has 1 heterocycles. The van der Waals surface area contributed by atoms with Gasteiger partial charge in [-0.15, -0.1) is 24.0 Å². The zero-order chi connectivity index (χ0) is 20.9. The summed E-state index contributed by atoms with van der Waals surface area (Å²) in [6, 6.07) is 6.28. The van der Waals surface area contributed by atoms with Crippen LogP contribution >= 0.6 is 24.0 Å². The Bertz CT molecular complexity index is 836. The quantitative estimate of drug-likeness (QED) is 0.342. The van der Waals surface area contributed by atoms with Gasteiger partial charge in [0, 0.05) is 37.0 Å². The lowest BCUT2D eigenvalue weighted by Crippen LogP contribution is -2.37. The summed E-state index contributed by atoms with van der Waals surface area (Å²) in [5.41, 5.74) is 5.43. The molecule has 0 fully saturated rings. The predicted molar refractivity (Wildman–Crippen MR) is 131 cm³/mol. The van der Waals surface area contributed by atoms with Gasteiger partial charge in [0.1, 0.15) is 11.4 Å². The lowest BCUT2D eigenvalue weighted by molar-refractivity contribution is 0.129. The number of rotatable bonds is 6. The van der Waals surface area contributed by atoms with Gasteiger partial charge in [0.15, 0.2) is 5.96 Å². The highest BCUT2D eigenvalue weighted by atomic mass is 127. The van der Waals surface area contributed by atoms with Crippen LogP contribution < -0.4 is 15.4 Å². The van der Waals surface area contributed by atoms with E-state index in [-0.39, 0.29) is 29.6 Å². The average Bonchev–Trinajstić information content (AvgIpc) is 2.82. The lowest BCUT2D eigenvalue weighted by Gasteiger charge is -2.23. The van der Waals surface area contributed by atoms with E-state index >= 15 is 0 Å². The standard InChI is InChI=1S/C22H35N5O.HI/c1-9-23-21(25-14-19-16(3)26-27(8)17(19)4)24-13-18-11-10-15(2)12-20(18)28-22(5,6)7;/h10-12H,9,13-14H2,1-8H3,(H2,23,24,25);1H. The minimum Gasteiger partial charge on any atom is -0.488 e. The first kappa shape index (κ1) is 25.3. The minimum absolute atomic E-state index is 0. The second-order valence-electron chi connectivity index (χ2n) is 8.15. The molecule has 29 heavy (non-hydrogen) atoms. The molecule has 0 saturated heterocycles. The van der Waals surface area contributed by atoms with Gasteiger partial charge in [-0.2, -0.15) is 5.10 Å². The number of aliphatic imine (C=N–C) groups is 1. The smallest absolute Gasteiger partial charge is 0.191 e. The highest BCUT2D eigenvalue weighted by molar-refractivity contribution is 14.0. The molecule has 6 nitrogen and oxygen atoms in total. The Kier molecular flexibility index (Phi) is 9.45. The topological polar surface area (TPSA) is 63.5 Å². The van der Waals surface area contributed by atoms with Crippen molar-refractivity contribution in [3.05, 3.63) is 46.3 Å². The number of hydrogen-bond donors (Lipinski definition) is 2. The molecule has 0 aliphatic rings. The van der Waals surface area contributed by atoms with Gasteiger partial charge in [0.05, 0.1) is 12.2 Å². The molecule has 7 heteroatoms. The van der Waals surface area contributed by atoms with Crippen LogP contribution in [0.25, 0.3) is 0 Å². The third-order valence-electron chi connectivity index (χ3n) is 4.48. The van der Waals surface area contributed by atoms with Crippen molar-refractivity contribution in [1.29, 1.82) is 0 Å². The number of halogens is 1. The molecule has 0 spiro atoms. The van der Waals surface area contributed by atoms with Gasteiger partial charge in [0.2, 0.25) is 0 Å². The summed E-state index contributed by atoms with van der Waals surface area (Å²) >= 11 is 0. The van der Waals surface area contributed by atoms with Crippen molar-refractivity contribution >= 4 is 29.9 Å². The van der Waals surface area contributed by atoms with Crippen molar-refractivity contribution in [3.8, 4) is 5.75 Å². The van der Waals surface area contributed by atoms with Crippen molar-refractivity contribution in [2.75, 3.05) is 6.54 Å². The van der Waals surface area contributed by atoms with E-state index in [2.05, 4.69) is 75.5 Å². The number of benzene rings is 1. The van der Waals surface area contributed by atoms with Crippen LogP contribution in [0, 0.1) is 20.8 Å². The highest BCUT2D eigenvalue weighted by Crippen LogP contribution is 2.25. The van der Waals surface area contributed by atoms with Crippen molar-refractivity contribution in [3.63, 3.8) is 0 Å². The Morgan fingerprint density at radius 3 is 2.41 bits per heavy atom. The molecule has 0 unspecified atom stereocenters. The van der Waals surface area contributed by atoms with Crippen LogP contribution in [0.15, 0.2) is 23.2 Å². The fourth-order valence-electron chi connectivity index (χ4n) is 2.97. The maximum absolute atomic E-state index is 6.15. The molecular formula is C22H36IN5O. The van der Waals surface area contributed by atoms with Crippen LogP contribution in [-0.4, -0.2) is 27.9 Å². The fraction of sp³-hybridized carbons (Fsp3) is 0.545. The van der Waals surface area contributed by atoms with Gasteiger partial charge in [-0.1, -0.05) is 12.1 Å². The highest BCUT2D eigenvalue weighted by Gasteiger charge is 2.15. The number of aryl methyl sites for hydroxylation is 3. The average molecular weight is 513 g/mol. The Labute approximate surface area is 192 Å². The van der Waals surface area contributed by atoms with E-state index in [9.17, 15) is 0 Å². The molecule has 1 aromatic heterocycles. The molecule has 0 radical (unpaired) electrons. The number of ether oxygens (including phenoxy) is 1. The molecule has 2 aromatic rings. The van der Waals surface area contributed by atoms with Crippen LogP contribution in [-0.2, 0) is 20.1 Å². The van der Waals surface area contributed by atoms with E-state index < -0.39 is 0 Å². The largest absolute Gasteiger partial charge is 0.488 e. The van der Waals surface area contributed by atoms with Crippen molar-refractivity contribution in [2.24, 2.45) is 12.0 Å². The molecule has 2 rings (SSSR count). The van der Waals surface area contributed by atoms with E-state index in [1.165, 1.54) is 16.8 Å². The Balaban J connectivity index is 0.00000420. The molecular weight excluding hydrogens is 477 g/mol. The Morgan fingerprint density at radius 2 is 1.86 bits per heavy atom. The van der Waals surface area contributed by atoms with E-state index in [0.717, 1.165) is 29.5 Å². The maximum atomic E-state index is 6.15. The van der Waals surface area contributed by atoms with Crippen LogP contribution in [0.3, 0.4) is 0 Å². The number of aromatic nitrogens is 2. The summed E-state index contributed by atoms with van der Waals surface area (Å²) in [5, 5.41) is 11.2. The Morgan fingerprint density at radius 1 is 1.17 bits per heavy atom. The summed E-state index contributed by atoms with van der Waals surface area (Å²) in [4.78, 5) is 4.77. The predicted octanol–water partition coefficient (Wildman–Crippen LogP) is 4.40. The first-order chi connectivity index (χ1) is 13.1.